The quantitative estimate of drug-likeness (QED) is 0.519. The Hall–Kier alpha value is -3.50. The van der Waals surface area contributed by atoms with Crippen LogP contribution in [0.15, 0.2) is 47.1 Å². The van der Waals surface area contributed by atoms with E-state index in [0.29, 0.717) is 5.69 Å². The first-order valence-electron chi connectivity index (χ1n) is 9.05. The number of carbonyl (C=O) groups is 1. The van der Waals surface area contributed by atoms with E-state index in [4.69, 9.17) is 4.74 Å². The van der Waals surface area contributed by atoms with Crippen LogP contribution in [0.2, 0.25) is 0 Å². The molecule has 0 bridgehead atoms. The maximum absolute atomic E-state index is 13.7. The number of anilines is 1. The Bertz CT molecular complexity index is 1060. The van der Waals surface area contributed by atoms with Crippen molar-refractivity contribution < 1.29 is 31.6 Å². The van der Waals surface area contributed by atoms with E-state index >= 15 is 0 Å². The molecule has 0 fully saturated rings. The number of aromatic nitrogens is 3. The smallest absolute Gasteiger partial charge is 0.443 e. The van der Waals surface area contributed by atoms with Gasteiger partial charge in [-0.1, -0.05) is 11.2 Å². The van der Waals surface area contributed by atoms with E-state index in [-0.39, 0.29) is 23.6 Å². The number of ether oxygens (including phenoxy) is 1. The molecule has 0 aliphatic carbocycles. The number of halogens is 4. The molecule has 1 aromatic carbocycles. The second kappa shape index (κ2) is 8.32. The maximum atomic E-state index is 13.7. The zero-order valence-corrected chi connectivity index (χ0v) is 16.8. The van der Waals surface area contributed by atoms with Crippen LogP contribution in [-0.2, 0) is 17.5 Å². The van der Waals surface area contributed by atoms with E-state index in [1.807, 2.05) is 0 Å². The maximum Gasteiger partial charge on any atom is 0.471 e. The highest BCUT2D eigenvalue weighted by molar-refractivity contribution is 5.87. The summed E-state index contributed by atoms with van der Waals surface area (Å²) < 4.78 is 61.2. The fourth-order valence-corrected chi connectivity index (χ4v) is 2.49. The molecule has 7 nitrogen and oxygen atoms in total. The largest absolute Gasteiger partial charge is 0.471 e. The minimum absolute atomic E-state index is 0.0707. The number of pyridine rings is 1. The zero-order valence-electron chi connectivity index (χ0n) is 16.8. The SMILES string of the molecule is CC(C)(C)OC(=O)N(Cc1ccc(-c2noc(C(F)(F)F)n2)cn1)c1cccc(F)c1. The number of hydrogen-bond acceptors (Lipinski definition) is 6. The molecule has 0 unspecified atom stereocenters. The normalized spacial score (nSPS) is 12.0. The molecule has 2 heterocycles. The summed E-state index contributed by atoms with van der Waals surface area (Å²) >= 11 is 0. The molecule has 3 rings (SSSR count). The van der Waals surface area contributed by atoms with Crippen LogP contribution in [0.5, 0.6) is 0 Å². The molecule has 0 saturated carbocycles. The summed E-state index contributed by atoms with van der Waals surface area (Å²) in [6.45, 7) is 5.02. The number of rotatable bonds is 4. The van der Waals surface area contributed by atoms with Gasteiger partial charge in [0.1, 0.15) is 11.4 Å². The molecule has 2 aromatic heterocycles. The molecule has 0 spiro atoms. The van der Waals surface area contributed by atoms with Gasteiger partial charge in [0.2, 0.25) is 5.82 Å². The predicted molar refractivity (Wildman–Crippen MR) is 101 cm³/mol. The number of alkyl halides is 3. The average Bonchev–Trinajstić information content (AvgIpc) is 3.16. The molecule has 0 aliphatic heterocycles. The van der Waals surface area contributed by atoms with Crippen LogP contribution < -0.4 is 4.90 Å². The Kier molecular flexibility index (Phi) is 5.96. The molecule has 0 radical (unpaired) electrons. The number of hydrogen-bond donors (Lipinski definition) is 0. The molecular formula is C20H18F4N4O3. The van der Waals surface area contributed by atoms with Crippen molar-refractivity contribution in [2.24, 2.45) is 0 Å². The van der Waals surface area contributed by atoms with Gasteiger partial charge in [-0.15, -0.1) is 0 Å². The fraction of sp³-hybridized carbons (Fsp3) is 0.300. The predicted octanol–water partition coefficient (Wildman–Crippen LogP) is 5.23. The highest BCUT2D eigenvalue weighted by atomic mass is 19.4. The summed E-state index contributed by atoms with van der Waals surface area (Å²) in [5.74, 6) is -2.28. The highest BCUT2D eigenvalue weighted by Crippen LogP contribution is 2.29. The molecule has 11 heteroatoms. The average molecular weight is 438 g/mol. The van der Waals surface area contributed by atoms with Gasteiger partial charge in [-0.05, 0) is 51.1 Å². The summed E-state index contributed by atoms with van der Waals surface area (Å²) in [7, 11) is 0. The van der Waals surface area contributed by atoms with E-state index in [1.54, 1.807) is 26.8 Å². The molecular weight excluding hydrogens is 420 g/mol. The number of amides is 1. The van der Waals surface area contributed by atoms with Crippen LogP contribution in [0.1, 0.15) is 32.4 Å². The lowest BCUT2D eigenvalue weighted by Crippen LogP contribution is -2.36. The lowest BCUT2D eigenvalue weighted by Gasteiger charge is -2.27. The van der Waals surface area contributed by atoms with E-state index in [1.165, 1.54) is 41.4 Å². The first-order valence-corrected chi connectivity index (χ1v) is 9.05. The molecule has 164 valence electrons. The molecule has 0 aliphatic rings. The summed E-state index contributed by atoms with van der Waals surface area (Å²) in [6.07, 6.45) is -4.21. The number of benzene rings is 1. The second-order valence-electron chi connectivity index (χ2n) is 7.51. The summed E-state index contributed by atoms with van der Waals surface area (Å²) in [5, 5.41) is 3.30. The minimum atomic E-state index is -4.75. The molecule has 3 aromatic rings. The van der Waals surface area contributed by atoms with Crippen LogP contribution in [-0.4, -0.2) is 26.8 Å². The Morgan fingerprint density at radius 3 is 2.45 bits per heavy atom. The third-order valence-electron chi connectivity index (χ3n) is 3.81. The lowest BCUT2D eigenvalue weighted by molar-refractivity contribution is -0.159. The van der Waals surface area contributed by atoms with Crippen LogP contribution >= 0.6 is 0 Å². The van der Waals surface area contributed by atoms with Crippen molar-refractivity contribution in [2.45, 2.75) is 39.1 Å². The first-order chi connectivity index (χ1) is 14.4. The van der Waals surface area contributed by atoms with Gasteiger partial charge in [-0.3, -0.25) is 9.88 Å². The second-order valence-corrected chi connectivity index (χ2v) is 7.51. The van der Waals surface area contributed by atoms with Crippen molar-refractivity contribution in [1.82, 2.24) is 15.1 Å². The van der Waals surface area contributed by atoms with Crippen LogP contribution in [0.3, 0.4) is 0 Å². The van der Waals surface area contributed by atoms with Crippen molar-refractivity contribution in [3.63, 3.8) is 0 Å². The van der Waals surface area contributed by atoms with Crippen molar-refractivity contribution in [3.05, 3.63) is 60.0 Å². The van der Waals surface area contributed by atoms with Crippen molar-refractivity contribution >= 4 is 11.8 Å². The van der Waals surface area contributed by atoms with Gasteiger partial charge in [-0.25, -0.2) is 9.18 Å². The topological polar surface area (TPSA) is 81.4 Å². The third-order valence-corrected chi connectivity index (χ3v) is 3.81. The van der Waals surface area contributed by atoms with Crippen LogP contribution in [0, 0.1) is 5.82 Å². The Morgan fingerprint density at radius 2 is 1.90 bits per heavy atom. The highest BCUT2D eigenvalue weighted by Gasteiger charge is 2.38. The standard InChI is InChI=1S/C20H18F4N4O3/c1-19(2,3)30-18(29)28(15-6-4-5-13(21)9-15)11-14-8-7-12(10-25-14)16-26-17(31-27-16)20(22,23)24/h4-10H,11H2,1-3H3. The van der Waals surface area contributed by atoms with Crippen molar-refractivity contribution in [2.75, 3.05) is 4.90 Å². The van der Waals surface area contributed by atoms with Gasteiger partial charge in [0.15, 0.2) is 0 Å². The Morgan fingerprint density at radius 1 is 1.16 bits per heavy atom. The molecule has 0 saturated heterocycles. The minimum Gasteiger partial charge on any atom is -0.443 e. The van der Waals surface area contributed by atoms with Gasteiger partial charge in [0.25, 0.3) is 0 Å². The fourth-order valence-electron chi connectivity index (χ4n) is 2.49. The summed E-state index contributed by atoms with van der Waals surface area (Å²) in [5.41, 5.74) is 0.0403. The van der Waals surface area contributed by atoms with Crippen molar-refractivity contribution in [1.29, 1.82) is 0 Å². The van der Waals surface area contributed by atoms with Gasteiger partial charge >= 0.3 is 18.2 Å². The molecule has 0 N–H and O–H groups in total. The molecule has 31 heavy (non-hydrogen) atoms. The monoisotopic (exact) mass is 438 g/mol. The van der Waals surface area contributed by atoms with E-state index in [9.17, 15) is 22.4 Å². The number of carbonyl (C=O) groups excluding carboxylic acids is 1. The van der Waals surface area contributed by atoms with Crippen LogP contribution in [0.25, 0.3) is 11.4 Å². The summed E-state index contributed by atoms with van der Waals surface area (Å²) in [6, 6.07) is 8.33. The Balaban J connectivity index is 1.84. The molecule has 1 amide bonds. The van der Waals surface area contributed by atoms with E-state index < -0.39 is 29.6 Å². The van der Waals surface area contributed by atoms with Crippen LogP contribution in [0.4, 0.5) is 28.0 Å². The first kappa shape index (κ1) is 22.2. The van der Waals surface area contributed by atoms with Crippen molar-refractivity contribution in [3.8, 4) is 11.4 Å². The van der Waals surface area contributed by atoms with E-state index in [2.05, 4.69) is 19.6 Å². The third kappa shape index (κ3) is 5.77. The zero-order chi connectivity index (χ0) is 22.8. The van der Waals surface area contributed by atoms with Gasteiger partial charge in [0, 0.05) is 11.8 Å². The van der Waals surface area contributed by atoms with Gasteiger partial charge in [-0.2, -0.15) is 18.2 Å². The van der Waals surface area contributed by atoms with Gasteiger partial charge in [0.05, 0.1) is 17.9 Å². The number of nitrogens with zero attached hydrogens (tertiary/aromatic N) is 4. The van der Waals surface area contributed by atoms with E-state index in [0.717, 1.165) is 0 Å². The summed E-state index contributed by atoms with van der Waals surface area (Å²) in [4.78, 5) is 21.3. The molecule has 0 atom stereocenters. The Labute approximate surface area is 174 Å². The lowest BCUT2D eigenvalue weighted by atomic mass is 10.2. The van der Waals surface area contributed by atoms with Gasteiger partial charge < -0.3 is 9.26 Å².